The van der Waals surface area contributed by atoms with E-state index in [0.29, 0.717) is 30.2 Å². The van der Waals surface area contributed by atoms with Gasteiger partial charge in [0.2, 0.25) is 11.7 Å². The van der Waals surface area contributed by atoms with Crippen LogP contribution in [0.25, 0.3) is 0 Å². The van der Waals surface area contributed by atoms with Crippen LogP contribution >= 0.6 is 11.8 Å². The van der Waals surface area contributed by atoms with E-state index >= 15 is 0 Å². The molecule has 1 atom stereocenters. The zero-order valence-electron chi connectivity index (χ0n) is 18.7. The Morgan fingerprint density at radius 1 is 1.19 bits per heavy atom. The summed E-state index contributed by atoms with van der Waals surface area (Å²) >= 11 is 1.48. The van der Waals surface area contributed by atoms with E-state index in [4.69, 9.17) is 20.2 Å². The molecule has 7 nitrogen and oxygen atoms in total. The van der Waals surface area contributed by atoms with Crippen LogP contribution in [0.5, 0.6) is 11.5 Å². The van der Waals surface area contributed by atoms with Crippen LogP contribution in [0.15, 0.2) is 30.9 Å². The molecule has 174 valence electrons. The summed E-state index contributed by atoms with van der Waals surface area (Å²) in [7, 11) is 1.49. The van der Waals surface area contributed by atoms with Crippen LogP contribution in [0.2, 0.25) is 0 Å². The van der Waals surface area contributed by atoms with Crippen LogP contribution in [-0.4, -0.2) is 36.5 Å². The maximum absolute atomic E-state index is 12.0. The molecule has 0 saturated carbocycles. The number of unbranched alkanes of at least 4 members (excludes halogenated alkanes) is 5. The first kappa shape index (κ1) is 26.8. The summed E-state index contributed by atoms with van der Waals surface area (Å²) in [6.45, 7) is 6.19. The predicted octanol–water partition coefficient (Wildman–Crippen LogP) is 4.15. The molecule has 0 bridgehead atoms. The van der Waals surface area contributed by atoms with Crippen molar-refractivity contribution in [1.82, 2.24) is 5.32 Å². The second kappa shape index (κ2) is 16.5. The molecule has 1 unspecified atom stereocenters. The third kappa shape index (κ3) is 11.7. The molecule has 0 aliphatic carbocycles. The second-order valence-electron chi connectivity index (χ2n) is 7.20. The molecule has 0 aliphatic rings. The molecule has 0 spiro atoms. The molecule has 0 aliphatic heterocycles. The van der Waals surface area contributed by atoms with E-state index in [1.54, 1.807) is 24.3 Å². The van der Waals surface area contributed by atoms with E-state index < -0.39 is 12.0 Å². The van der Waals surface area contributed by atoms with Gasteiger partial charge in [0.25, 0.3) is 0 Å². The van der Waals surface area contributed by atoms with Gasteiger partial charge in [-0.3, -0.25) is 9.68 Å². The van der Waals surface area contributed by atoms with Crippen LogP contribution in [0.1, 0.15) is 57.4 Å². The lowest BCUT2D eigenvalue weighted by molar-refractivity contribution is -0.215. The number of nitrogens with one attached hydrogen (secondary N) is 1. The fourth-order valence-corrected chi connectivity index (χ4v) is 3.43. The molecule has 1 rings (SSSR count). The van der Waals surface area contributed by atoms with E-state index in [1.165, 1.54) is 44.6 Å². The largest absolute Gasteiger partial charge is 0.493 e. The van der Waals surface area contributed by atoms with Gasteiger partial charge in [0, 0.05) is 24.5 Å². The molecule has 0 fully saturated rings. The Bertz CT molecular complexity index is 684. The van der Waals surface area contributed by atoms with Gasteiger partial charge in [-0.25, -0.2) is 9.68 Å². The molecule has 1 aromatic rings. The summed E-state index contributed by atoms with van der Waals surface area (Å²) in [4.78, 5) is 33.9. The van der Waals surface area contributed by atoms with E-state index in [9.17, 15) is 9.59 Å². The third-order valence-electron chi connectivity index (χ3n) is 4.52. The number of methoxy groups -OCH3 is 1. The van der Waals surface area contributed by atoms with Crippen molar-refractivity contribution in [2.45, 2.75) is 64.5 Å². The first-order valence-corrected chi connectivity index (χ1v) is 11.9. The molecule has 3 N–H and O–H groups in total. The smallest absolute Gasteiger partial charge is 0.372 e. The van der Waals surface area contributed by atoms with Gasteiger partial charge < -0.3 is 15.8 Å². The maximum atomic E-state index is 12.0. The van der Waals surface area contributed by atoms with E-state index in [2.05, 4.69) is 18.8 Å². The first-order chi connectivity index (χ1) is 15.0. The van der Waals surface area contributed by atoms with Crippen molar-refractivity contribution in [3.63, 3.8) is 0 Å². The minimum Gasteiger partial charge on any atom is -0.493 e. The summed E-state index contributed by atoms with van der Waals surface area (Å²) in [6.07, 6.45) is 9.17. The first-order valence-electron chi connectivity index (χ1n) is 10.8. The molecule has 0 saturated heterocycles. The van der Waals surface area contributed by atoms with Crippen molar-refractivity contribution in [3.05, 3.63) is 36.4 Å². The van der Waals surface area contributed by atoms with Crippen LogP contribution in [0.4, 0.5) is 0 Å². The van der Waals surface area contributed by atoms with E-state index in [0.717, 1.165) is 18.4 Å². The molecule has 0 heterocycles. The van der Waals surface area contributed by atoms with E-state index in [-0.39, 0.29) is 11.7 Å². The zero-order valence-corrected chi connectivity index (χ0v) is 19.5. The van der Waals surface area contributed by atoms with Gasteiger partial charge in [-0.05, 0) is 24.1 Å². The van der Waals surface area contributed by atoms with Gasteiger partial charge in [-0.1, -0.05) is 51.2 Å². The number of hydrogen-bond donors (Lipinski definition) is 2. The Morgan fingerprint density at radius 3 is 2.65 bits per heavy atom. The average molecular weight is 453 g/mol. The molecule has 0 radical (unpaired) electrons. The minimum atomic E-state index is -0.794. The van der Waals surface area contributed by atoms with Crippen LogP contribution in [0, 0.1) is 0 Å². The number of ether oxygens (including phenoxy) is 1. The number of carbonyl (C=O) groups is 2. The van der Waals surface area contributed by atoms with Crippen molar-refractivity contribution >= 4 is 23.6 Å². The normalized spacial score (nSPS) is 11.5. The standard InChI is InChI=1S/C23H36N2O5S/c1-4-6-7-8-9-10-11-22(26)25-16-18-12-13-20(21(15-18)28-3)29-30-23(27)19(24)17-31-14-5-2/h5,12-13,15,19H,2,4,6-11,14,16-17,24H2,1,3H3,(H,25,26). The quantitative estimate of drug-likeness (QED) is 0.159. The van der Waals surface area contributed by atoms with Gasteiger partial charge in [0.1, 0.15) is 6.04 Å². The van der Waals surface area contributed by atoms with Crippen LogP contribution in [0.3, 0.4) is 0 Å². The summed E-state index contributed by atoms with van der Waals surface area (Å²) in [5, 5.41) is 2.91. The monoisotopic (exact) mass is 452 g/mol. The lowest BCUT2D eigenvalue weighted by Gasteiger charge is -2.13. The Morgan fingerprint density at radius 2 is 1.94 bits per heavy atom. The number of benzene rings is 1. The van der Waals surface area contributed by atoms with Gasteiger partial charge >= 0.3 is 5.97 Å². The van der Waals surface area contributed by atoms with Crippen molar-refractivity contribution in [2.75, 3.05) is 18.6 Å². The van der Waals surface area contributed by atoms with Crippen molar-refractivity contribution < 1.29 is 24.1 Å². The summed E-state index contributed by atoms with van der Waals surface area (Å²) in [5.41, 5.74) is 6.62. The van der Waals surface area contributed by atoms with Gasteiger partial charge in [-0.2, -0.15) is 11.8 Å². The van der Waals surface area contributed by atoms with E-state index in [1.807, 2.05) is 0 Å². The molecule has 31 heavy (non-hydrogen) atoms. The number of hydrogen-bond acceptors (Lipinski definition) is 7. The molecule has 1 amide bonds. The lowest BCUT2D eigenvalue weighted by Crippen LogP contribution is -2.35. The van der Waals surface area contributed by atoms with Crippen molar-refractivity contribution in [2.24, 2.45) is 5.73 Å². The minimum absolute atomic E-state index is 0.0343. The fourth-order valence-electron chi connectivity index (χ4n) is 2.74. The third-order valence-corrected chi connectivity index (χ3v) is 5.59. The zero-order chi connectivity index (χ0) is 22.9. The fraction of sp³-hybridized carbons (Fsp3) is 0.565. The predicted molar refractivity (Wildman–Crippen MR) is 125 cm³/mol. The Hall–Kier alpha value is -2.19. The van der Waals surface area contributed by atoms with Crippen LogP contribution in [-0.2, 0) is 21.0 Å². The molecule has 1 aromatic carbocycles. The number of carbonyl (C=O) groups excluding carboxylic acids is 2. The molecule has 0 aromatic heterocycles. The molecular weight excluding hydrogens is 416 g/mol. The topological polar surface area (TPSA) is 99.9 Å². The molecule has 8 heteroatoms. The summed E-state index contributed by atoms with van der Waals surface area (Å²) < 4.78 is 5.30. The van der Waals surface area contributed by atoms with Crippen molar-refractivity contribution in [1.29, 1.82) is 0 Å². The Balaban J connectivity index is 2.42. The Labute approximate surface area is 190 Å². The van der Waals surface area contributed by atoms with Crippen LogP contribution < -0.4 is 20.7 Å². The number of amides is 1. The molecular formula is C23H36N2O5S. The highest BCUT2D eigenvalue weighted by atomic mass is 32.2. The second-order valence-corrected chi connectivity index (χ2v) is 8.27. The number of thioether (sulfide) groups is 1. The average Bonchev–Trinajstić information content (AvgIpc) is 2.78. The van der Waals surface area contributed by atoms with Gasteiger partial charge in [0.15, 0.2) is 5.75 Å². The van der Waals surface area contributed by atoms with Gasteiger partial charge in [-0.15, -0.1) is 6.58 Å². The lowest BCUT2D eigenvalue weighted by atomic mass is 10.1. The number of nitrogens with two attached hydrogens (primary N) is 1. The highest BCUT2D eigenvalue weighted by Gasteiger charge is 2.18. The maximum Gasteiger partial charge on any atom is 0.372 e. The number of rotatable bonds is 17. The summed E-state index contributed by atoms with van der Waals surface area (Å²) in [5.74, 6) is 1.13. The van der Waals surface area contributed by atoms with Crippen molar-refractivity contribution in [3.8, 4) is 11.5 Å². The highest BCUT2D eigenvalue weighted by molar-refractivity contribution is 7.99. The summed E-state index contributed by atoms with van der Waals surface area (Å²) in [6, 6.07) is 4.33. The van der Waals surface area contributed by atoms with Gasteiger partial charge in [0.05, 0.1) is 7.11 Å². The Kier molecular flexibility index (Phi) is 14.3. The SMILES string of the molecule is C=CCSCC(N)C(=O)OOc1ccc(CNC(=O)CCCCCCCC)cc1OC. The highest BCUT2D eigenvalue weighted by Crippen LogP contribution is 2.28.